The summed E-state index contributed by atoms with van der Waals surface area (Å²) in [7, 11) is 0. The van der Waals surface area contributed by atoms with Crippen molar-refractivity contribution < 1.29 is 4.42 Å². The van der Waals surface area contributed by atoms with Crippen molar-refractivity contribution in [2.75, 3.05) is 6.54 Å². The highest BCUT2D eigenvalue weighted by atomic mass is 35.5. The van der Waals surface area contributed by atoms with Crippen molar-refractivity contribution in [3.63, 3.8) is 0 Å². The zero-order chi connectivity index (χ0) is 13.1. The number of nitrogens with one attached hydrogen (secondary N) is 1. The molecule has 0 fully saturated rings. The second-order valence-electron chi connectivity index (χ2n) is 4.36. The minimum absolute atomic E-state index is 0.612. The molecule has 2 heterocycles. The molecule has 1 N–H and O–H groups in total. The molecular weight excluding hydrogens is 250 g/mol. The third kappa shape index (κ3) is 2.94. The topological polar surface area (TPSA) is 43.0 Å². The van der Waals surface area contributed by atoms with Crippen molar-refractivity contribution in [1.29, 1.82) is 0 Å². The zero-order valence-electron chi connectivity index (χ0n) is 11.0. The van der Waals surface area contributed by atoms with E-state index in [2.05, 4.69) is 30.3 Å². The predicted molar refractivity (Wildman–Crippen MR) is 71.9 cm³/mol. The first-order chi connectivity index (χ1) is 8.60. The van der Waals surface area contributed by atoms with Crippen LogP contribution in [0.1, 0.15) is 29.7 Å². The summed E-state index contributed by atoms with van der Waals surface area (Å²) in [6, 6.07) is 2.05. The Labute approximate surface area is 112 Å². The molecule has 0 spiro atoms. The van der Waals surface area contributed by atoms with E-state index in [0.29, 0.717) is 11.6 Å². The molecule has 0 radical (unpaired) electrons. The lowest BCUT2D eigenvalue weighted by Gasteiger charge is -1.99. The third-order valence-corrected chi connectivity index (χ3v) is 3.18. The molecule has 5 heteroatoms. The van der Waals surface area contributed by atoms with Gasteiger partial charge < -0.3 is 9.73 Å². The summed E-state index contributed by atoms with van der Waals surface area (Å²) in [5, 5.41) is 8.26. The van der Waals surface area contributed by atoms with Gasteiger partial charge in [-0.25, -0.2) is 0 Å². The van der Waals surface area contributed by atoms with Crippen LogP contribution >= 0.6 is 11.6 Å². The highest BCUT2D eigenvalue weighted by Crippen LogP contribution is 2.17. The van der Waals surface area contributed by atoms with Gasteiger partial charge >= 0.3 is 0 Å². The van der Waals surface area contributed by atoms with E-state index < -0.39 is 0 Å². The van der Waals surface area contributed by atoms with Crippen molar-refractivity contribution in [2.24, 2.45) is 0 Å². The number of rotatable bonds is 5. The number of furan rings is 1. The standard InChI is InChI=1S/C13H18ClN3O/c1-4-15-6-13-9(2)5-11(18-13)7-17-8-12(14)10(3)16-17/h5,8,15H,4,6-7H2,1-3H3. The molecule has 0 aliphatic rings. The van der Waals surface area contributed by atoms with Crippen molar-refractivity contribution in [3.8, 4) is 0 Å². The van der Waals surface area contributed by atoms with E-state index in [4.69, 9.17) is 16.0 Å². The van der Waals surface area contributed by atoms with Gasteiger partial charge in [-0.05, 0) is 32.0 Å². The van der Waals surface area contributed by atoms with Crippen molar-refractivity contribution >= 4 is 11.6 Å². The van der Waals surface area contributed by atoms with Crippen molar-refractivity contribution in [1.82, 2.24) is 15.1 Å². The van der Waals surface area contributed by atoms with Gasteiger partial charge in [0.15, 0.2) is 0 Å². The van der Waals surface area contributed by atoms with Crippen LogP contribution in [0, 0.1) is 13.8 Å². The third-order valence-electron chi connectivity index (χ3n) is 2.81. The summed E-state index contributed by atoms with van der Waals surface area (Å²) in [5.41, 5.74) is 2.01. The second-order valence-corrected chi connectivity index (χ2v) is 4.77. The first-order valence-electron chi connectivity index (χ1n) is 6.08. The maximum absolute atomic E-state index is 5.98. The normalized spacial score (nSPS) is 11.1. The van der Waals surface area contributed by atoms with Crippen LogP contribution < -0.4 is 5.32 Å². The van der Waals surface area contributed by atoms with Crippen LogP contribution in [0.3, 0.4) is 0 Å². The maximum Gasteiger partial charge on any atom is 0.126 e. The lowest BCUT2D eigenvalue weighted by atomic mass is 10.2. The van der Waals surface area contributed by atoms with Gasteiger partial charge in [-0.2, -0.15) is 5.10 Å². The molecule has 0 aromatic carbocycles. The summed E-state index contributed by atoms with van der Waals surface area (Å²) >= 11 is 5.98. The van der Waals surface area contributed by atoms with Crippen LogP contribution in [0.2, 0.25) is 5.02 Å². The Morgan fingerprint density at radius 3 is 2.83 bits per heavy atom. The molecule has 2 aromatic heterocycles. The number of hydrogen-bond donors (Lipinski definition) is 1. The highest BCUT2D eigenvalue weighted by molar-refractivity contribution is 6.31. The van der Waals surface area contributed by atoms with Gasteiger partial charge in [0.2, 0.25) is 0 Å². The van der Waals surface area contributed by atoms with Crippen molar-refractivity contribution in [3.05, 3.63) is 40.1 Å². The van der Waals surface area contributed by atoms with Gasteiger partial charge in [0.05, 0.1) is 23.8 Å². The maximum atomic E-state index is 5.98. The molecule has 0 aliphatic heterocycles. The van der Waals surface area contributed by atoms with E-state index >= 15 is 0 Å². The molecule has 4 nitrogen and oxygen atoms in total. The fraction of sp³-hybridized carbons (Fsp3) is 0.462. The Bertz CT molecular complexity index is 511. The summed E-state index contributed by atoms with van der Waals surface area (Å²) in [4.78, 5) is 0. The van der Waals surface area contributed by atoms with Crippen LogP contribution in [0.25, 0.3) is 0 Å². The van der Waals surface area contributed by atoms with E-state index in [1.165, 1.54) is 5.56 Å². The molecule has 0 saturated carbocycles. The van der Waals surface area contributed by atoms with E-state index in [9.17, 15) is 0 Å². The van der Waals surface area contributed by atoms with Gasteiger partial charge in [0, 0.05) is 6.20 Å². The zero-order valence-corrected chi connectivity index (χ0v) is 11.7. The molecule has 0 amide bonds. The van der Waals surface area contributed by atoms with Crippen LogP contribution in [-0.2, 0) is 13.1 Å². The minimum Gasteiger partial charge on any atom is -0.462 e. The van der Waals surface area contributed by atoms with E-state index in [1.54, 1.807) is 4.68 Å². The molecule has 0 unspecified atom stereocenters. The Morgan fingerprint density at radius 2 is 2.22 bits per heavy atom. The summed E-state index contributed by atoms with van der Waals surface area (Å²) in [5.74, 6) is 1.89. The van der Waals surface area contributed by atoms with Gasteiger partial charge in [-0.1, -0.05) is 18.5 Å². The van der Waals surface area contributed by atoms with Gasteiger partial charge in [0.1, 0.15) is 11.5 Å². The van der Waals surface area contributed by atoms with Gasteiger partial charge in [0.25, 0.3) is 0 Å². The van der Waals surface area contributed by atoms with Gasteiger partial charge in [-0.15, -0.1) is 0 Å². The Morgan fingerprint density at radius 1 is 1.44 bits per heavy atom. The first kappa shape index (κ1) is 13.2. The quantitative estimate of drug-likeness (QED) is 0.906. The highest BCUT2D eigenvalue weighted by Gasteiger charge is 2.09. The fourth-order valence-electron chi connectivity index (χ4n) is 1.82. The molecular formula is C13H18ClN3O. The van der Waals surface area contributed by atoms with Crippen LogP contribution in [-0.4, -0.2) is 16.3 Å². The Balaban J connectivity index is 2.09. The first-order valence-corrected chi connectivity index (χ1v) is 6.46. The lowest BCUT2D eigenvalue weighted by molar-refractivity contribution is 0.430. The van der Waals surface area contributed by atoms with E-state index in [0.717, 1.165) is 30.3 Å². The molecule has 0 atom stereocenters. The SMILES string of the molecule is CCNCc1oc(Cn2cc(Cl)c(C)n2)cc1C. The van der Waals surface area contributed by atoms with Crippen LogP contribution in [0.15, 0.2) is 16.7 Å². The molecule has 2 rings (SSSR count). The fourth-order valence-corrected chi connectivity index (χ4v) is 1.97. The number of nitrogens with zero attached hydrogens (tertiary/aromatic N) is 2. The largest absolute Gasteiger partial charge is 0.462 e. The summed E-state index contributed by atoms with van der Waals surface area (Å²) in [6.45, 7) is 8.34. The second kappa shape index (κ2) is 5.59. The Kier molecular flexibility index (Phi) is 4.09. The lowest BCUT2D eigenvalue weighted by Crippen LogP contribution is -2.11. The van der Waals surface area contributed by atoms with E-state index in [-0.39, 0.29) is 0 Å². The molecule has 98 valence electrons. The average Bonchev–Trinajstić information content (AvgIpc) is 2.81. The Hall–Kier alpha value is -1.26. The summed E-state index contributed by atoms with van der Waals surface area (Å²) < 4.78 is 7.60. The predicted octanol–water partition coefficient (Wildman–Crippen LogP) is 2.90. The summed E-state index contributed by atoms with van der Waals surface area (Å²) in [6.07, 6.45) is 1.82. The van der Waals surface area contributed by atoms with Crippen LogP contribution in [0.4, 0.5) is 0 Å². The van der Waals surface area contributed by atoms with E-state index in [1.807, 2.05) is 13.1 Å². The molecule has 2 aromatic rings. The minimum atomic E-state index is 0.612. The number of aromatic nitrogens is 2. The van der Waals surface area contributed by atoms with Crippen molar-refractivity contribution in [2.45, 2.75) is 33.9 Å². The molecule has 0 saturated heterocycles. The monoisotopic (exact) mass is 267 g/mol. The number of aryl methyl sites for hydroxylation is 2. The number of halogens is 1. The number of hydrogen-bond acceptors (Lipinski definition) is 3. The van der Waals surface area contributed by atoms with Crippen LogP contribution in [0.5, 0.6) is 0 Å². The van der Waals surface area contributed by atoms with Gasteiger partial charge in [-0.3, -0.25) is 4.68 Å². The average molecular weight is 268 g/mol. The molecule has 0 aliphatic carbocycles. The smallest absolute Gasteiger partial charge is 0.126 e. The molecule has 0 bridgehead atoms. The molecule has 18 heavy (non-hydrogen) atoms.